The Labute approximate surface area is 178 Å². The summed E-state index contributed by atoms with van der Waals surface area (Å²) in [5.41, 5.74) is 2.67. The molecule has 154 valence electrons. The minimum Gasteiger partial charge on any atom is -0.367 e. The molecule has 5 rings (SSSR count). The van der Waals surface area contributed by atoms with Crippen LogP contribution in [0.15, 0.2) is 60.9 Å². The van der Waals surface area contributed by atoms with Crippen molar-refractivity contribution in [2.45, 2.75) is 18.9 Å². The molecule has 2 aromatic carbocycles. The second-order valence-corrected chi connectivity index (χ2v) is 7.57. The summed E-state index contributed by atoms with van der Waals surface area (Å²) >= 11 is 0. The van der Waals surface area contributed by atoms with E-state index < -0.39 is 0 Å². The average Bonchev–Trinajstić information content (AvgIpc) is 3.29. The van der Waals surface area contributed by atoms with Crippen LogP contribution >= 0.6 is 0 Å². The molecule has 0 radical (unpaired) electrons. The highest BCUT2D eigenvalue weighted by Crippen LogP contribution is 2.27. The van der Waals surface area contributed by atoms with Crippen molar-refractivity contribution in [3.05, 3.63) is 72.3 Å². The molecular formula is C23H20FN7. The number of fused-ring (bicyclic) bond motifs is 1. The molecule has 0 saturated carbocycles. The molecule has 1 fully saturated rings. The van der Waals surface area contributed by atoms with Crippen molar-refractivity contribution in [2.75, 3.05) is 23.3 Å². The lowest BCUT2D eigenvalue weighted by Crippen LogP contribution is -2.42. The first kappa shape index (κ1) is 19.0. The number of hydrogen-bond donors (Lipinski definition) is 1. The highest BCUT2D eigenvalue weighted by molar-refractivity contribution is 5.65. The van der Waals surface area contributed by atoms with Crippen molar-refractivity contribution in [1.29, 1.82) is 5.26 Å². The number of anilines is 2. The fourth-order valence-corrected chi connectivity index (χ4v) is 4.03. The Bertz CT molecular complexity index is 1260. The molecule has 2 aromatic heterocycles. The van der Waals surface area contributed by atoms with Gasteiger partial charge in [0.15, 0.2) is 0 Å². The van der Waals surface area contributed by atoms with Crippen molar-refractivity contribution in [3.63, 3.8) is 0 Å². The van der Waals surface area contributed by atoms with Crippen molar-refractivity contribution in [2.24, 2.45) is 0 Å². The van der Waals surface area contributed by atoms with Crippen LogP contribution in [-0.4, -0.2) is 38.7 Å². The van der Waals surface area contributed by atoms with Gasteiger partial charge in [0.2, 0.25) is 0 Å². The van der Waals surface area contributed by atoms with Gasteiger partial charge in [0.1, 0.15) is 18.0 Å². The number of hydrogen-bond acceptors (Lipinski definition) is 6. The predicted octanol–water partition coefficient (Wildman–Crippen LogP) is 3.88. The molecule has 0 bridgehead atoms. The molecule has 1 N–H and O–H groups in total. The maximum absolute atomic E-state index is 14.5. The van der Waals surface area contributed by atoms with E-state index in [1.54, 1.807) is 16.6 Å². The zero-order chi connectivity index (χ0) is 21.2. The summed E-state index contributed by atoms with van der Waals surface area (Å²) in [4.78, 5) is 10.9. The maximum Gasteiger partial charge on any atom is 0.254 e. The van der Waals surface area contributed by atoms with Gasteiger partial charge >= 0.3 is 0 Å². The molecule has 1 aliphatic rings. The highest BCUT2D eigenvalue weighted by atomic mass is 19.1. The van der Waals surface area contributed by atoms with Crippen molar-refractivity contribution in [3.8, 4) is 17.3 Å². The van der Waals surface area contributed by atoms with Gasteiger partial charge in [-0.15, -0.1) is 0 Å². The summed E-state index contributed by atoms with van der Waals surface area (Å²) in [5, 5.41) is 16.9. The lowest BCUT2D eigenvalue weighted by atomic mass is 10.0. The van der Waals surface area contributed by atoms with Crippen LogP contribution in [0.3, 0.4) is 0 Å². The van der Waals surface area contributed by atoms with Crippen LogP contribution in [0.1, 0.15) is 18.4 Å². The maximum atomic E-state index is 14.5. The third kappa shape index (κ3) is 3.78. The molecule has 1 saturated heterocycles. The number of rotatable bonds is 4. The molecule has 4 aromatic rings. The fraction of sp³-hybridized carbons (Fsp3) is 0.217. The van der Waals surface area contributed by atoms with E-state index in [1.165, 1.54) is 12.4 Å². The number of aromatic nitrogens is 4. The van der Waals surface area contributed by atoms with Crippen LogP contribution in [0.4, 0.5) is 15.9 Å². The molecule has 1 atom stereocenters. The van der Waals surface area contributed by atoms with Crippen LogP contribution in [0.25, 0.3) is 17.0 Å². The normalized spacial score (nSPS) is 16.3. The molecule has 1 aliphatic heterocycles. The monoisotopic (exact) mass is 413 g/mol. The summed E-state index contributed by atoms with van der Waals surface area (Å²) in [5.74, 6) is 0.955. The van der Waals surface area contributed by atoms with Crippen LogP contribution in [0.2, 0.25) is 0 Å². The van der Waals surface area contributed by atoms with Gasteiger partial charge in [-0.05, 0) is 31.0 Å². The van der Waals surface area contributed by atoms with Gasteiger partial charge in [0.05, 0.1) is 23.0 Å². The van der Waals surface area contributed by atoms with Gasteiger partial charge in [-0.1, -0.05) is 30.3 Å². The van der Waals surface area contributed by atoms with E-state index in [-0.39, 0.29) is 11.9 Å². The Morgan fingerprint density at radius 2 is 2.00 bits per heavy atom. The van der Waals surface area contributed by atoms with Gasteiger partial charge in [0.25, 0.3) is 5.78 Å². The first-order valence-corrected chi connectivity index (χ1v) is 10.2. The van der Waals surface area contributed by atoms with Gasteiger partial charge < -0.3 is 10.2 Å². The van der Waals surface area contributed by atoms with Crippen LogP contribution < -0.4 is 10.2 Å². The lowest BCUT2D eigenvalue weighted by molar-refractivity contribution is 0.517. The lowest BCUT2D eigenvalue weighted by Gasteiger charge is -2.35. The molecule has 8 heteroatoms. The molecule has 0 amide bonds. The number of benzene rings is 2. The second-order valence-electron chi connectivity index (χ2n) is 7.57. The van der Waals surface area contributed by atoms with E-state index in [9.17, 15) is 4.39 Å². The topological polar surface area (TPSA) is 82.1 Å². The van der Waals surface area contributed by atoms with Gasteiger partial charge in [0, 0.05) is 30.8 Å². The van der Waals surface area contributed by atoms with Crippen LogP contribution in [0, 0.1) is 17.1 Å². The summed E-state index contributed by atoms with van der Waals surface area (Å²) in [6.07, 6.45) is 3.36. The van der Waals surface area contributed by atoms with E-state index in [4.69, 9.17) is 5.26 Å². The Balaban J connectivity index is 1.42. The Morgan fingerprint density at radius 1 is 1.13 bits per heavy atom. The van der Waals surface area contributed by atoms with Gasteiger partial charge in [-0.2, -0.15) is 19.9 Å². The summed E-state index contributed by atoms with van der Waals surface area (Å²) < 4.78 is 16.2. The number of nitrogens with one attached hydrogen (secondary N) is 1. The van der Waals surface area contributed by atoms with Gasteiger partial charge in [-0.3, -0.25) is 0 Å². The van der Waals surface area contributed by atoms with E-state index in [0.717, 1.165) is 36.5 Å². The minimum atomic E-state index is -0.367. The largest absolute Gasteiger partial charge is 0.367 e. The summed E-state index contributed by atoms with van der Waals surface area (Å²) in [6, 6.07) is 18.6. The molecule has 0 aliphatic carbocycles. The average molecular weight is 413 g/mol. The molecule has 1 unspecified atom stereocenters. The third-order valence-electron chi connectivity index (χ3n) is 5.51. The van der Waals surface area contributed by atoms with Gasteiger partial charge in [-0.25, -0.2) is 9.37 Å². The summed E-state index contributed by atoms with van der Waals surface area (Å²) in [6.45, 7) is 1.41. The first-order chi connectivity index (χ1) is 15.2. The predicted molar refractivity (Wildman–Crippen MR) is 116 cm³/mol. The molecule has 3 heterocycles. The van der Waals surface area contributed by atoms with Crippen LogP contribution in [0.5, 0.6) is 0 Å². The Hall–Kier alpha value is -3.99. The molecule has 0 spiro atoms. The molecule has 31 heavy (non-hydrogen) atoms. The van der Waals surface area contributed by atoms with E-state index >= 15 is 0 Å². The van der Waals surface area contributed by atoms with E-state index in [2.05, 4.69) is 20.4 Å². The highest BCUT2D eigenvalue weighted by Gasteiger charge is 2.23. The fourth-order valence-electron chi connectivity index (χ4n) is 4.03. The van der Waals surface area contributed by atoms with E-state index in [0.29, 0.717) is 23.6 Å². The van der Waals surface area contributed by atoms with E-state index in [1.807, 2.05) is 47.4 Å². The Kier molecular flexibility index (Phi) is 4.92. The smallest absolute Gasteiger partial charge is 0.254 e. The first-order valence-electron chi connectivity index (χ1n) is 10.2. The number of nitriles is 1. The number of halogens is 1. The van der Waals surface area contributed by atoms with Crippen LogP contribution in [-0.2, 0) is 0 Å². The number of nitrogens with zero attached hydrogens (tertiary/aromatic N) is 6. The zero-order valence-corrected chi connectivity index (χ0v) is 16.7. The standard InChI is InChI=1S/C23H20FN7/c24-19-11-16(13-25)8-9-21(19)30-10-4-7-18(14-30)28-22-12-20(17-5-2-1-3-6-17)29-23-26-15-27-31(22)23/h1-3,5-6,8-9,11-12,15,18,28H,4,7,10,14H2. The SMILES string of the molecule is N#Cc1ccc(N2CCCC(Nc3cc(-c4ccccc4)nc4ncnn34)C2)c(F)c1. The third-order valence-corrected chi connectivity index (χ3v) is 5.51. The van der Waals surface area contributed by atoms with Crippen molar-refractivity contribution >= 4 is 17.3 Å². The zero-order valence-electron chi connectivity index (χ0n) is 16.7. The Morgan fingerprint density at radius 3 is 2.81 bits per heavy atom. The molecule has 7 nitrogen and oxygen atoms in total. The molecular weight excluding hydrogens is 393 g/mol. The second kappa shape index (κ2) is 8.03. The van der Waals surface area contributed by atoms with Crippen molar-refractivity contribution in [1.82, 2.24) is 19.6 Å². The van der Waals surface area contributed by atoms with Crippen molar-refractivity contribution < 1.29 is 4.39 Å². The number of piperidine rings is 1. The quantitative estimate of drug-likeness (QED) is 0.547. The summed E-state index contributed by atoms with van der Waals surface area (Å²) in [7, 11) is 0. The minimum absolute atomic E-state index is 0.0993.